The molecule has 0 spiro atoms. The van der Waals surface area contributed by atoms with Crippen LogP contribution in [0.1, 0.15) is 34.6 Å². The second-order valence-corrected chi connectivity index (χ2v) is 7.52. The highest BCUT2D eigenvalue weighted by Gasteiger charge is 2.38. The summed E-state index contributed by atoms with van der Waals surface area (Å²) in [7, 11) is 1.48. The van der Waals surface area contributed by atoms with E-state index in [4.69, 9.17) is 9.47 Å². The number of carbonyl (C=O) groups is 4. The Morgan fingerprint density at radius 3 is 2.00 bits per heavy atom. The van der Waals surface area contributed by atoms with E-state index >= 15 is 0 Å². The van der Waals surface area contributed by atoms with Crippen LogP contribution in [0.5, 0.6) is 17.2 Å². The molecule has 4 rings (SSSR count). The minimum atomic E-state index is -0.539. The van der Waals surface area contributed by atoms with E-state index in [0.29, 0.717) is 22.9 Å². The number of nitrogens with zero attached hydrogens (tertiary/aromatic N) is 1. The molecule has 9 nitrogen and oxygen atoms in total. The lowest BCUT2D eigenvalue weighted by Crippen LogP contribution is -2.30. The molecule has 2 N–H and O–H groups in total. The van der Waals surface area contributed by atoms with Crippen LogP contribution in [0, 0.1) is 0 Å². The van der Waals surface area contributed by atoms with E-state index in [1.807, 2.05) is 0 Å². The van der Waals surface area contributed by atoms with E-state index < -0.39 is 11.8 Å². The topological polar surface area (TPSA) is 114 Å². The summed E-state index contributed by atoms with van der Waals surface area (Å²) in [4.78, 5) is 50.1. The van der Waals surface area contributed by atoms with Crippen LogP contribution >= 0.6 is 0 Å². The molecule has 172 valence electrons. The number of carbonyl (C=O) groups excluding carboxylic acids is 4. The number of nitrogens with one attached hydrogen (secondary N) is 2. The molecule has 0 aliphatic carbocycles. The maximum atomic E-state index is 13.2. The highest BCUT2D eigenvalue weighted by Crippen LogP contribution is 2.37. The third-order valence-corrected chi connectivity index (χ3v) is 5.02. The van der Waals surface area contributed by atoms with Crippen molar-refractivity contribution in [3.63, 3.8) is 0 Å². The van der Waals surface area contributed by atoms with Gasteiger partial charge in [-0.2, -0.15) is 0 Å². The van der Waals surface area contributed by atoms with Crippen LogP contribution in [0.3, 0.4) is 0 Å². The summed E-state index contributed by atoms with van der Waals surface area (Å²) in [5.74, 6) is -0.267. The molecule has 0 unspecified atom stereocenters. The zero-order valence-electron chi connectivity index (χ0n) is 18.7. The number of hydrogen-bond acceptors (Lipinski definition) is 6. The van der Waals surface area contributed by atoms with Gasteiger partial charge in [-0.05, 0) is 54.6 Å². The predicted molar refractivity (Wildman–Crippen MR) is 126 cm³/mol. The van der Waals surface area contributed by atoms with Gasteiger partial charge >= 0.3 is 0 Å². The average molecular weight is 459 g/mol. The Labute approximate surface area is 195 Å². The molecule has 1 aliphatic rings. The summed E-state index contributed by atoms with van der Waals surface area (Å²) in [6.07, 6.45) is 0. The van der Waals surface area contributed by atoms with Gasteiger partial charge in [-0.25, -0.2) is 4.90 Å². The van der Waals surface area contributed by atoms with Crippen LogP contribution in [0.2, 0.25) is 0 Å². The van der Waals surface area contributed by atoms with Gasteiger partial charge in [0.2, 0.25) is 11.8 Å². The van der Waals surface area contributed by atoms with Crippen LogP contribution in [0.15, 0.2) is 60.7 Å². The van der Waals surface area contributed by atoms with Crippen LogP contribution in [0.25, 0.3) is 0 Å². The van der Waals surface area contributed by atoms with E-state index in [1.54, 1.807) is 48.5 Å². The number of anilines is 3. The average Bonchev–Trinajstić information content (AvgIpc) is 3.04. The molecule has 3 aromatic carbocycles. The summed E-state index contributed by atoms with van der Waals surface area (Å²) in [5.41, 5.74) is 1.54. The van der Waals surface area contributed by atoms with E-state index in [-0.39, 0.29) is 34.3 Å². The van der Waals surface area contributed by atoms with Gasteiger partial charge in [0.05, 0.1) is 29.6 Å². The molecule has 3 aromatic rings. The first-order chi connectivity index (χ1) is 16.3. The molecule has 0 saturated carbocycles. The quantitative estimate of drug-likeness (QED) is 0.534. The van der Waals surface area contributed by atoms with Gasteiger partial charge in [0.15, 0.2) is 0 Å². The second-order valence-electron chi connectivity index (χ2n) is 7.52. The Hall–Kier alpha value is -4.66. The Bertz CT molecular complexity index is 1320. The summed E-state index contributed by atoms with van der Waals surface area (Å²) >= 11 is 0. The van der Waals surface area contributed by atoms with Gasteiger partial charge in [0, 0.05) is 25.6 Å². The van der Waals surface area contributed by atoms with Gasteiger partial charge in [-0.15, -0.1) is 0 Å². The molecule has 1 aliphatic heterocycles. The second kappa shape index (κ2) is 9.07. The molecule has 0 atom stereocenters. The van der Waals surface area contributed by atoms with Crippen molar-refractivity contribution >= 4 is 40.7 Å². The Morgan fingerprint density at radius 2 is 1.35 bits per heavy atom. The zero-order valence-corrected chi connectivity index (χ0v) is 18.7. The Morgan fingerprint density at radius 1 is 0.735 bits per heavy atom. The van der Waals surface area contributed by atoms with Crippen molar-refractivity contribution in [3.05, 3.63) is 71.8 Å². The van der Waals surface area contributed by atoms with Gasteiger partial charge in [-0.3, -0.25) is 19.2 Å². The van der Waals surface area contributed by atoms with E-state index in [1.165, 1.54) is 33.1 Å². The number of benzene rings is 3. The van der Waals surface area contributed by atoms with E-state index in [9.17, 15) is 19.2 Å². The van der Waals surface area contributed by atoms with Crippen molar-refractivity contribution in [1.82, 2.24) is 0 Å². The molecular formula is C25H21N3O6. The van der Waals surface area contributed by atoms with Gasteiger partial charge < -0.3 is 20.1 Å². The fraction of sp³-hybridized carbons (Fsp3) is 0.120. The lowest BCUT2D eigenvalue weighted by Gasteiger charge is -2.19. The first-order valence-electron chi connectivity index (χ1n) is 10.3. The number of rotatable bonds is 6. The summed E-state index contributed by atoms with van der Waals surface area (Å²) in [6.45, 7) is 2.75. The van der Waals surface area contributed by atoms with E-state index in [2.05, 4.69) is 10.6 Å². The number of hydrogen-bond donors (Lipinski definition) is 2. The van der Waals surface area contributed by atoms with Crippen molar-refractivity contribution in [2.45, 2.75) is 13.8 Å². The molecule has 0 radical (unpaired) electrons. The number of methoxy groups -OCH3 is 1. The van der Waals surface area contributed by atoms with Gasteiger partial charge in [0.1, 0.15) is 17.2 Å². The fourth-order valence-corrected chi connectivity index (χ4v) is 3.57. The summed E-state index contributed by atoms with van der Waals surface area (Å²) < 4.78 is 11.0. The Kier molecular flexibility index (Phi) is 6.01. The number of fused-ring (bicyclic) bond motifs is 1. The standard InChI is InChI=1S/C25H21N3O6/c1-14(29)26-16-4-6-17(7-5-16)34-19-8-10-20-21(12-19)25(32)28(24(20)31)23-11-9-18(33-3)13-22(23)27-15(2)30/h4-13H,1-3H3,(H,26,29)(H,27,30). The maximum absolute atomic E-state index is 13.2. The molecule has 0 aromatic heterocycles. The predicted octanol–water partition coefficient (Wildman–Crippen LogP) is 4.20. The molecule has 0 bridgehead atoms. The Balaban J connectivity index is 1.62. The molecule has 34 heavy (non-hydrogen) atoms. The minimum Gasteiger partial charge on any atom is -0.497 e. The van der Waals surface area contributed by atoms with Crippen molar-refractivity contribution in [1.29, 1.82) is 0 Å². The van der Waals surface area contributed by atoms with Gasteiger partial charge in [0.25, 0.3) is 11.8 Å². The molecule has 4 amide bonds. The van der Waals surface area contributed by atoms with Crippen molar-refractivity contribution in [2.75, 3.05) is 22.6 Å². The van der Waals surface area contributed by atoms with Crippen molar-refractivity contribution in [3.8, 4) is 17.2 Å². The number of amides is 4. The first kappa shape index (κ1) is 22.5. The number of imide groups is 1. The third kappa shape index (κ3) is 4.44. The molecule has 0 saturated heterocycles. The minimum absolute atomic E-state index is 0.182. The molecule has 0 fully saturated rings. The zero-order chi connectivity index (χ0) is 24.4. The normalized spacial score (nSPS) is 12.3. The van der Waals surface area contributed by atoms with E-state index in [0.717, 1.165) is 4.90 Å². The van der Waals surface area contributed by atoms with Gasteiger partial charge in [-0.1, -0.05) is 0 Å². The van der Waals surface area contributed by atoms with Crippen molar-refractivity contribution < 1.29 is 28.7 Å². The van der Waals surface area contributed by atoms with Crippen molar-refractivity contribution in [2.24, 2.45) is 0 Å². The first-order valence-corrected chi connectivity index (χ1v) is 10.3. The van der Waals surface area contributed by atoms with Crippen LogP contribution in [-0.4, -0.2) is 30.7 Å². The monoisotopic (exact) mass is 459 g/mol. The smallest absolute Gasteiger partial charge is 0.266 e. The van der Waals surface area contributed by atoms with Crippen LogP contribution in [-0.2, 0) is 9.59 Å². The SMILES string of the molecule is COc1ccc(N2C(=O)c3ccc(Oc4ccc(NC(C)=O)cc4)cc3C2=O)c(NC(C)=O)c1. The summed E-state index contributed by atoms with van der Waals surface area (Å²) in [5, 5.41) is 5.31. The number of ether oxygens (including phenoxy) is 2. The summed E-state index contributed by atoms with van der Waals surface area (Å²) in [6, 6.07) is 16.0. The molecule has 9 heteroatoms. The van der Waals surface area contributed by atoms with Crippen LogP contribution in [0.4, 0.5) is 17.1 Å². The maximum Gasteiger partial charge on any atom is 0.266 e. The molecular weight excluding hydrogens is 438 g/mol. The third-order valence-electron chi connectivity index (χ3n) is 5.02. The molecule has 1 heterocycles. The highest BCUT2D eigenvalue weighted by atomic mass is 16.5. The van der Waals surface area contributed by atoms with Crippen LogP contribution < -0.4 is 25.0 Å². The fourth-order valence-electron chi connectivity index (χ4n) is 3.57. The largest absolute Gasteiger partial charge is 0.497 e. The highest BCUT2D eigenvalue weighted by molar-refractivity contribution is 6.35. The lowest BCUT2D eigenvalue weighted by molar-refractivity contribution is -0.115. The lowest BCUT2D eigenvalue weighted by atomic mass is 10.1.